The fourth-order valence-corrected chi connectivity index (χ4v) is 4.18. The van der Waals surface area contributed by atoms with Gasteiger partial charge in [0.2, 0.25) is 12.2 Å². The average Bonchev–Trinajstić information content (AvgIpc) is 2.93. The second kappa shape index (κ2) is 14.7. The summed E-state index contributed by atoms with van der Waals surface area (Å²) in [6, 6.07) is 14.9. The van der Waals surface area contributed by atoms with Crippen molar-refractivity contribution in [1.29, 1.82) is 0 Å². The third-order valence-corrected chi connectivity index (χ3v) is 6.33. The van der Waals surface area contributed by atoms with E-state index < -0.39 is 67.2 Å². The molecule has 0 spiro atoms. The summed E-state index contributed by atoms with van der Waals surface area (Å²) in [7, 11) is 0. The Labute approximate surface area is 227 Å². The molecule has 0 saturated carbocycles. The second-order valence-electron chi connectivity index (χ2n) is 9.53. The van der Waals surface area contributed by atoms with E-state index in [4.69, 9.17) is 25.7 Å². The lowest BCUT2D eigenvalue weighted by Crippen LogP contribution is -2.65. The average molecular weight is 544 g/mol. The van der Waals surface area contributed by atoms with Crippen LogP contribution in [0.25, 0.3) is 0 Å². The summed E-state index contributed by atoms with van der Waals surface area (Å²) in [5, 5.41) is 24.1. The zero-order chi connectivity index (χ0) is 28.4. The van der Waals surface area contributed by atoms with Gasteiger partial charge in [0, 0.05) is 6.42 Å². The SMILES string of the molecule is CCCC(=O)N[C@H]1C(OC(=O)[C@@H](N)Cc2ccccc2)O[C@H](COC(=O)[C@@H](N)Cc2ccccc2)[C@@H](O)[C@@H]1O. The van der Waals surface area contributed by atoms with Crippen molar-refractivity contribution in [1.82, 2.24) is 5.32 Å². The number of hydrogen-bond acceptors (Lipinski definition) is 10. The van der Waals surface area contributed by atoms with Crippen LogP contribution in [-0.4, -0.2) is 77.4 Å². The van der Waals surface area contributed by atoms with Gasteiger partial charge in [-0.2, -0.15) is 0 Å². The van der Waals surface area contributed by atoms with Crippen molar-refractivity contribution in [3.63, 3.8) is 0 Å². The Morgan fingerprint density at radius 2 is 1.44 bits per heavy atom. The molecule has 7 N–H and O–H groups in total. The Morgan fingerprint density at radius 1 is 0.897 bits per heavy atom. The predicted molar refractivity (Wildman–Crippen MR) is 141 cm³/mol. The van der Waals surface area contributed by atoms with Crippen molar-refractivity contribution in [2.24, 2.45) is 11.5 Å². The summed E-state index contributed by atoms with van der Waals surface area (Å²) in [4.78, 5) is 37.6. The van der Waals surface area contributed by atoms with Gasteiger partial charge in [-0.3, -0.25) is 14.4 Å². The Balaban J connectivity index is 1.66. The van der Waals surface area contributed by atoms with E-state index in [1.54, 1.807) is 6.92 Å². The van der Waals surface area contributed by atoms with Crippen molar-refractivity contribution in [3.05, 3.63) is 71.8 Å². The zero-order valence-corrected chi connectivity index (χ0v) is 21.8. The van der Waals surface area contributed by atoms with E-state index in [2.05, 4.69) is 5.32 Å². The highest BCUT2D eigenvalue weighted by atomic mass is 16.7. The molecular weight excluding hydrogens is 506 g/mol. The fourth-order valence-electron chi connectivity index (χ4n) is 4.18. The van der Waals surface area contributed by atoms with E-state index in [9.17, 15) is 24.6 Å². The fraction of sp³-hybridized carbons (Fsp3) is 0.464. The molecule has 2 aromatic carbocycles. The molecule has 1 heterocycles. The minimum Gasteiger partial charge on any atom is -0.462 e. The number of carbonyl (C=O) groups is 3. The van der Waals surface area contributed by atoms with Gasteiger partial charge in [0.15, 0.2) is 0 Å². The molecule has 1 fully saturated rings. The van der Waals surface area contributed by atoms with Gasteiger partial charge in [-0.1, -0.05) is 67.6 Å². The van der Waals surface area contributed by atoms with Crippen molar-refractivity contribution in [3.8, 4) is 0 Å². The maximum absolute atomic E-state index is 12.8. The van der Waals surface area contributed by atoms with Crippen molar-refractivity contribution in [2.75, 3.05) is 6.61 Å². The van der Waals surface area contributed by atoms with Crippen molar-refractivity contribution < 1.29 is 38.8 Å². The van der Waals surface area contributed by atoms with Crippen molar-refractivity contribution in [2.45, 2.75) is 75.3 Å². The lowest BCUT2D eigenvalue weighted by atomic mass is 9.96. The molecule has 1 aliphatic rings. The first kappa shape index (κ1) is 30.2. The molecule has 1 amide bonds. The summed E-state index contributed by atoms with van der Waals surface area (Å²) < 4.78 is 16.5. The van der Waals surface area contributed by atoms with Gasteiger partial charge in [-0.05, 0) is 30.4 Å². The van der Waals surface area contributed by atoms with Crippen molar-refractivity contribution >= 4 is 17.8 Å². The number of benzene rings is 2. The zero-order valence-electron chi connectivity index (χ0n) is 21.8. The molecule has 2 aromatic rings. The standard InChI is InChI=1S/C28H37N3O8/c1-2-9-22(32)31-23-25(34)24(33)21(16-37-26(35)19(29)14-17-10-5-3-6-11-17)38-28(23)39-27(36)20(30)15-18-12-7-4-8-13-18/h3-8,10-13,19-21,23-25,28,33-34H,2,9,14-16,29-30H2,1H3,(H,31,32)/t19-,20-,21+,23+,24+,25+,28?/m0/s1. The van der Waals surface area contributed by atoms with Crippen LogP contribution in [0.3, 0.4) is 0 Å². The Hall–Kier alpha value is -3.35. The number of aliphatic hydroxyl groups is 2. The van der Waals surface area contributed by atoms with Crippen LogP contribution in [0.4, 0.5) is 0 Å². The number of aliphatic hydroxyl groups excluding tert-OH is 2. The number of carbonyl (C=O) groups excluding carboxylic acids is 3. The summed E-state index contributed by atoms with van der Waals surface area (Å²) in [6.45, 7) is 1.33. The highest BCUT2D eigenvalue weighted by molar-refractivity contribution is 5.77. The van der Waals surface area contributed by atoms with Gasteiger partial charge < -0.3 is 41.2 Å². The molecule has 1 unspecified atom stereocenters. The van der Waals surface area contributed by atoms with E-state index in [1.807, 2.05) is 60.7 Å². The summed E-state index contributed by atoms with van der Waals surface area (Å²) >= 11 is 0. The Bertz CT molecular complexity index is 1070. The molecule has 11 nitrogen and oxygen atoms in total. The number of hydrogen-bond donors (Lipinski definition) is 5. The maximum atomic E-state index is 12.8. The molecule has 3 rings (SSSR count). The first-order valence-corrected chi connectivity index (χ1v) is 13.0. The minimum atomic E-state index is -1.59. The van der Waals surface area contributed by atoms with Crippen LogP contribution in [-0.2, 0) is 41.4 Å². The molecule has 1 saturated heterocycles. The molecule has 0 aromatic heterocycles. The van der Waals surface area contributed by atoms with Crippen LogP contribution in [0.1, 0.15) is 30.9 Å². The second-order valence-corrected chi connectivity index (χ2v) is 9.53. The summed E-state index contributed by atoms with van der Waals surface area (Å²) in [5.41, 5.74) is 13.7. The van der Waals surface area contributed by atoms with Gasteiger partial charge in [0.05, 0.1) is 0 Å². The van der Waals surface area contributed by atoms with Crippen LogP contribution in [0.2, 0.25) is 0 Å². The van der Waals surface area contributed by atoms with Gasteiger partial charge in [0.1, 0.15) is 43.0 Å². The quantitative estimate of drug-likeness (QED) is 0.227. The molecular formula is C28H37N3O8. The third-order valence-electron chi connectivity index (χ3n) is 6.33. The first-order chi connectivity index (χ1) is 18.7. The van der Waals surface area contributed by atoms with Crippen LogP contribution in [0, 0.1) is 0 Å². The number of esters is 2. The smallest absolute Gasteiger partial charge is 0.325 e. The van der Waals surface area contributed by atoms with E-state index in [0.29, 0.717) is 6.42 Å². The molecule has 0 radical (unpaired) electrons. The van der Waals surface area contributed by atoms with Gasteiger partial charge in [0.25, 0.3) is 0 Å². The van der Waals surface area contributed by atoms with Crippen LogP contribution in [0.15, 0.2) is 60.7 Å². The van der Waals surface area contributed by atoms with Gasteiger partial charge in [-0.15, -0.1) is 0 Å². The molecule has 39 heavy (non-hydrogen) atoms. The van der Waals surface area contributed by atoms with Crippen LogP contribution in [0.5, 0.6) is 0 Å². The van der Waals surface area contributed by atoms with Gasteiger partial charge in [-0.25, -0.2) is 0 Å². The highest BCUT2D eigenvalue weighted by Crippen LogP contribution is 2.24. The first-order valence-electron chi connectivity index (χ1n) is 13.0. The molecule has 11 heteroatoms. The molecule has 212 valence electrons. The minimum absolute atomic E-state index is 0.147. The van der Waals surface area contributed by atoms with Gasteiger partial charge >= 0.3 is 11.9 Å². The predicted octanol–water partition coefficient (Wildman–Crippen LogP) is -0.0556. The molecule has 1 aliphatic heterocycles. The van der Waals surface area contributed by atoms with E-state index in [-0.39, 0.29) is 19.3 Å². The Kier molecular flexibility index (Phi) is 11.4. The molecule has 7 atom stereocenters. The third kappa shape index (κ3) is 8.84. The summed E-state index contributed by atoms with van der Waals surface area (Å²) in [5.74, 6) is -1.99. The van der Waals surface area contributed by atoms with Crippen LogP contribution >= 0.6 is 0 Å². The monoisotopic (exact) mass is 543 g/mol. The van der Waals surface area contributed by atoms with E-state index in [1.165, 1.54) is 0 Å². The highest BCUT2D eigenvalue weighted by Gasteiger charge is 2.47. The Morgan fingerprint density at radius 3 is 1.97 bits per heavy atom. The lowest BCUT2D eigenvalue weighted by molar-refractivity contribution is -0.265. The molecule has 0 aliphatic carbocycles. The normalized spacial score (nSPS) is 24.3. The number of amides is 1. The maximum Gasteiger partial charge on any atom is 0.325 e. The largest absolute Gasteiger partial charge is 0.462 e. The number of ether oxygens (including phenoxy) is 3. The van der Waals surface area contributed by atoms with E-state index >= 15 is 0 Å². The number of nitrogens with one attached hydrogen (secondary N) is 1. The van der Waals surface area contributed by atoms with E-state index in [0.717, 1.165) is 11.1 Å². The lowest BCUT2D eigenvalue weighted by Gasteiger charge is -2.42. The van der Waals surface area contributed by atoms with Crippen LogP contribution < -0.4 is 16.8 Å². The number of nitrogens with two attached hydrogens (primary N) is 2. The summed E-state index contributed by atoms with van der Waals surface area (Å²) in [6.07, 6.45) is -4.82. The topological polar surface area (TPSA) is 183 Å². The number of rotatable bonds is 12. The molecule has 0 bridgehead atoms.